The lowest BCUT2D eigenvalue weighted by Gasteiger charge is -2.16. The molecule has 1 heterocycles. The van der Waals surface area contributed by atoms with Gasteiger partial charge in [-0.2, -0.15) is 4.31 Å². The van der Waals surface area contributed by atoms with Gasteiger partial charge in [0, 0.05) is 25.2 Å². The van der Waals surface area contributed by atoms with E-state index in [2.05, 4.69) is 5.32 Å². The Morgan fingerprint density at radius 3 is 2.48 bits per heavy atom. The minimum atomic E-state index is -3.62. The summed E-state index contributed by atoms with van der Waals surface area (Å²) in [6, 6.07) is 4.38. The third-order valence-electron chi connectivity index (χ3n) is 3.81. The first-order valence-electron chi connectivity index (χ1n) is 7.03. The van der Waals surface area contributed by atoms with Crippen LogP contribution in [0, 0.1) is 10.1 Å². The molecule has 7 nitrogen and oxygen atoms in total. The maximum Gasteiger partial charge on any atom is 0.293 e. The highest BCUT2D eigenvalue weighted by Gasteiger charge is 2.30. The van der Waals surface area contributed by atoms with E-state index in [-0.39, 0.29) is 16.6 Å². The number of nitrogens with zero attached hydrogens (tertiary/aromatic N) is 2. The van der Waals surface area contributed by atoms with Crippen LogP contribution < -0.4 is 5.32 Å². The van der Waals surface area contributed by atoms with Crippen LogP contribution in [0.2, 0.25) is 0 Å². The first-order valence-corrected chi connectivity index (χ1v) is 8.47. The summed E-state index contributed by atoms with van der Waals surface area (Å²) in [5, 5.41) is 14.2. The van der Waals surface area contributed by atoms with Crippen molar-refractivity contribution in [2.75, 3.05) is 18.4 Å². The zero-order chi connectivity index (χ0) is 15.0. The van der Waals surface area contributed by atoms with Crippen molar-refractivity contribution in [2.24, 2.45) is 0 Å². The molecule has 114 valence electrons. The van der Waals surface area contributed by atoms with Gasteiger partial charge in [-0.1, -0.05) is 0 Å². The number of nitrogens with one attached hydrogen (secondary N) is 1. The van der Waals surface area contributed by atoms with Gasteiger partial charge in [0.15, 0.2) is 0 Å². The molecule has 1 aliphatic carbocycles. The smallest absolute Gasteiger partial charge is 0.293 e. The molecule has 3 rings (SSSR count). The summed E-state index contributed by atoms with van der Waals surface area (Å²) in [5.41, 5.74) is 0.213. The molecule has 0 radical (unpaired) electrons. The topological polar surface area (TPSA) is 92.5 Å². The average Bonchev–Trinajstić information content (AvgIpc) is 3.07. The van der Waals surface area contributed by atoms with Crippen molar-refractivity contribution in [2.45, 2.75) is 36.6 Å². The van der Waals surface area contributed by atoms with Crippen LogP contribution in [0.5, 0.6) is 0 Å². The zero-order valence-corrected chi connectivity index (χ0v) is 12.3. The summed E-state index contributed by atoms with van der Waals surface area (Å²) in [6.45, 7) is 0.969. The second kappa shape index (κ2) is 5.27. The molecule has 0 aromatic heterocycles. The first kappa shape index (κ1) is 14.3. The highest BCUT2D eigenvalue weighted by Crippen LogP contribution is 2.33. The van der Waals surface area contributed by atoms with Crippen LogP contribution in [0.25, 0.3) is 0 Å². The quantitative estimate of drug-likeness (QED) is 0.663. The fourth-order valence-corrected chi connectivity index (χ4v) is 4.01. The minimum Gasteiger partial charge on any atom is -0.377 e. The van der Waals surface area contributed by atoms with E-state index in [1.807, 2.05) is 0 Å². The van der Waals surface area contributed by atoms with Crippen LogP contribution in [-0.2, 0) is 10.0 Å². The Labute approximate surface area is 123 Å². The van der Waals surface area contributed by atoms with Gasteiger partial charge in [0.25, 0.3) is 5.69 Å². The van der Waals surface area contributed by atoms with Gasteiger partial charge in [-0.05, 0) is 37.8 Å². The number of anilines is 1. The standard InChI is InChI=1S/C13H17N3O4S/c17-16(18)13-9-11(5-6-12(13)14-10-3-4-10)21(19,20)15-7-1-2-8-15/h5-6,9-10,14H,1-4,7-8H2. The lowest BCUT2D eigenvalue weighted by molar-refractivity contribution is -0.384. The van der Waals surface area contributed by atoms with Gasteiger partial charge in [-0.3, -0.25) is 10.1 Å². The molecule has 2 aliphatic rings. The van der Waals surface area contributed by atoms with Gasteiger partial charge >= 0.3 is 0 Å². The van der Waals surface area contributed by atoms with E-state index in [1.54, 1.807) is 0 Å². The number of sulfonamides is 1. The molecular weight excluding hydrogens is 294 g/mol. The van der Waals surface area contributed by atoms with Gasteiger partial charge in [0.2, 0.25) is 10.0 Å². The summed E-state index contributed by atoms with van der Waals surface area (Å²) in [7, 11) is -3.62. The summed E-state index contributed by atoms with van der Waals surface area (Å²) >= 11 is 0. The lowest BCUT2D eigenvalue weighted by atomic mass is 10.2. The number of hydrogen-bond donors (Lipinski definition) is 1. The predicted molar refractivity (Wildman–Crippen MR) is 77.7 cm³/mol. The second-order valence-electron chi connectivity index (χ2n) is 5.47. The second-order valence-corrected chi connectivity index (χ2v) is 7.40. The van der Waals surface area contributed by atoms with Crippen LogP contribution in [0.1, 0.15) is 25.7 Å². The molecule has 1 aliphatic heterocycles. The Bertz CT molecular complexity index is 664. The minimum absolute atomic E-state index is 0.00236. The molecule has 0 unspecified atom stereocenters. The Kier molecular flexibility index (Phi) is 3.58. The Morgan fingerprint density at radius 1 is 1.24 bits per heavy atom. The number of nitro benzene ring substituents is 1. The van der Waals surface area contributed by atoms with Gasteiger partial charge in [0.1, 0.15) is 5.69 Å². The van der Waals surface area contributed by atoms with Gasteiger partial charge in [0.05, 0.1) is 9.82 Å². The van der Waals surface area contributed by atoms with Crippen molar-refractivity contribution in [1.29, 1.82) is 0 Å². The SMILES string of the molecule is O=[N+]([O-])c1cc(S(=O)(=O)N2CCCC2)ccc1NC1CC1. The molecule has 0 bridgehead atoms. The summed E-state index contributed by atoms with van der Waals surface area (Å²) in [4.78, 5) is 10.6. The monoisotopic (exact) mass is 311 g/mol. The fourth-order valence-electron chi connectivity index (χ4n) is 2.47. The number of benzene rings is 1. The molecule has 2 fully saturated rings. The Morgan fingerprint density at radius 2 is 1.90 bits per heavy atom. The van der Waals surface area contributed by atoms with Crippen LogP contribution in [0.4, 0.5) is 11.4 Å². The van der Waals surface area contributed by atoms with E-state index in [4.69, 9.17) is 0 Å². The molecule has 0 atom stereocenters. The number of hydrogen-bond acceptors (Lipinski definition) is 5. The van der Waals surface area contributed by atoms with Crippen LogP contribution in [0.3, 0.4) is 0 Å². The average molecular weight is 311 g/mol. The van der Waals surface area contributed by atoms with Crippen molar-refractivity contribution in [1.82, 2.24) is 4.31 Å². The number of nitro groups is 1. The van der Waals surface area contributed by atoms with E-state index >= 15 is 0 Å². The van der Waals surface area contributed by atoms with Crippen molar-refractivity contribution in [3.63, 3.8) is 0 Å². The maximum atomic E-state index is 12.4. The summed E-state index contributed by atoms with van der Waals surface area (Å²) in [6.07, 6.45) is 3.65. The van der Waals surface area contributed by atoms with Crippen molar-refractivity contribution in [3.05, 3.63) is 28.3 Å². The van der Waals surface area contributed by atoms with Crippen LogP contribution in [0.15, 0.2) is 23.1 Å². The fraction of sp³-hybridized carbons (Fsp3) is 0.538. The highest BCUT2D eigenvalue weighted by molar-refractivity contribution is 7.89. The molecule has 0 spiro atoms. The molecule has 1 aromatic rings. The van der Waals surface area contributed by atoms with Crippen molar-refractivity contribution < 1.29 is 13.3 Å². The molecule has 1 saturated carbocycles. The largest absolute Gasteiger partial charge is 0.377 e. The predicted octanol–water partition coefficient (Wildman–Crippen LogP) is 1.95. The summed E-state index contributed by atoms with van der Waals surface area (Å²) in [5.74, 6) is 0. The number of rotatable bonds is 5. The van der Waals surface area contributed by atoms with Gasteiger partial charge in [-0.25, -0.2) is 8.42 Å². The van der Waals surface area contributed by atoms with E-state index in [0.29, 0.717) is 18.8 Å². The van der Waals surface area contributed by atoms with E-state index < -0.39 is 14.9 Å². The Hall–Kier alpha value is -1.67. The molecule has 1 aromatic carbocycles. The molecule has 1 N–H and O–H groups in total. The Balaban J connectivity index is 1.95. The molecule has 0 amide bonds. The highest BCUT2D eigenvalue weighted by atomic mass is 32.2. The lowest BCUT2D eigenvalue weighted by Crippen LogP contribution is -2.27. The van der Waals surface area contributed by atoms with Gasteiger partial charge < -0.3 is 5.32 Å². The van der Waals surface area contributed by atoms with E-state index in [1.165, 1.54) is 22.5 Å². The van der Waals surface area contributed by atoms with Crippen LogP contribution in [-0.4, -0.2) is 36.8 Å². The summed E-state index contributed by atoms with van der Waals surface area (Å²) < 4.78 is 26.3. The van der Waals surface area contributed by atoms with E-state index in [9.17, 15) is 18.5 Å². The molecule has 1 saturated heterocycles. The van der Waals surface area contributed by atoms with E-state index in [0.717, 1.165) is 25.7 Å². The van der Waals surface area contributed by atoms with Crippen molar-refractivity contribution in [3.8, 4) is 0 Å². The zero-order valence-electron chi connectivity index (χ0n) is 11.5. The molecule has 21 heavy (non-hydrogen) atoms. The van der Waals surface area contributed by atoms with Crippen molar-refractivity contribution >= 4 is 21.4 Å². The molecule has 8 heteroatoms. The van der Waals surface area contributed by atoms with Gasteiger partial charge in [-0.15, -0.1) is 0 Å². The third kappa shape index (κ3) is 2.86. The van der Waals surface area contributed by atoms with Crippen LogP contribution >= 0.6 is 0 Å². The first-order chi connectivity index (χ1) is 9.98. The third-order valence-corrected chi connectivity index (χ3v) is 5.70. The molecular formula is C13H17N3O4S. The maximum absolute atomic E-state index is 12.4. The normalized spacial score (nSPS) is 19.6.